The Balaban J connectivity index is 2.72. The van der Waals surface area contributed by atoms with E-state index in [2.05, 4.69) is 101 Å². The van der Waals surface area contributed by atoms with Gasteiger partial charge in [-0.1, -0.05) is 119 Å². The number of esters is 1. The lowest BCUT2D eigenvalue weighted by atomic mass is 9.78. The first-order valence-electron chi connectivity index (χ1n) is 27.0. The maximum atomic E-state index is 14.3. The highest BCUT2D eigenvalue weighted by molar-refractivity contribution is 6.74. The molecule has 0 fully saturated rings. The third-order valence-electron chi connectivity index (χ3n) is 16.8. The fraction of sp³-hybridized carbons (Fsp3) is 0.807. The molecule has 0 aromatic rings. The number of Topliss-reactive ketones (excluding diaryl/α,β-unsaturated/α-hetero) is 1. The Morgan fingerprint density at radius 3 is 2.01 bits per heavy atom. The molecule has 2 bridgehead atoms. The zero-order valence-corrected chi connectivity index (χ0v) is 50.3. The first-order chi connectivity index (χ1) is 33.3. The number of carbonyl (C=O) groups is 3. The number of hydrogen-bond acceptors (Lipinski definition) is 11. The number of nitrogens with zero attached hydrogens (tertiary/aromatic N) is 1. The standard InChI is InChI=1S/C57H103NO11Si2/c1-21-71(22-2,23-3)69-55(40(5)29-31-49(60)42(7)54(65-18)41(6)33-34-58(14)38-59)45(10)56-44(9)52(64-17)37-51(63-16)43(8)50(62-15)36-47-26-24-25-46(66-47)35-48(68-70(19,20)57(11,12)13)30-27-39(4)28-32-53(61)67-56/h24-25,27-28,32-34,38,40-48,50-52,54-56H,21-23,26,29-31,35-37H2,1-20H3/b32-28+,34-33+,39-27+/t40-,41+,42-,43+,44-,45-,46-,47-,48?,50-,51-,52+,54+,55-,56-/m0/s1. The number of amides is 1. The molecule has 1 unspecified atom stereocenters. The van der Waals surface area contributed by atoms with Crippen LogP contribution in [0.1, 0.15) is 135 Å². The smallest absolute Gasteiger partial charge is 0.331 e. The van der Waals surface area contributed by atoms with Crippen molar-refractivity contribution in [3.8, 4) is 0 Å². The molecule has 0 N–H and O–H groups in total. The molecule has 14 heteroatoms. The van der Waals surface area contributed by atoms with E-state index in [1.54, 1.807) is 47.8 Å². The second-order valence-electron chi connectivity index (χ2n) is 22.8. The zero-order chi connectivity index (χ0) is 53.9. The number of rotatable bonds is 23. The van der Waals surface area contributed by atoms with E-state index in [1.165, 1.54) is 4.90 Å². The van der Waals surface area contributed by atoms with Crippen LogP contribution in [-0.2, 0) is 51.7 Å². The summed E-state index contributed by atoms with van der Waals surface area (Å²) in [6.45, 7) is 32.6. The maximum Gasteiger partial charge on any atom is 0.331 e. The van der Waals surface area contributed by atoms with Crippen molar-refractivity contribution in [2.75, 3.05) is 35.5 Å². The minimum absolute atomic E-state index is 0.0201. The van der Waals surface area contributed by atoms with Gasteiger partial charge >= 0.3 is 5.97 Å². The van der Waals surface area contributed by atoms with E-state index in [1.807, 2.05) is 32.9 Å². The molecule has 0 saturated carbocycles. The zero-order valence-electron chi connectivity index (χ0n) is 48.3. The normalized spacial score (nSPS) is 29.7. The monoisotopic (exact) mass is 1030 g/mol. The summed E-state index contributed by atoms with van der Waals surface area (Å²) in [5.41, 5.74) is 0.943. The molecular weight excluding hydrogens is 931 g/mol. The van der Waals surface area contributed by atoms with Gasteiger partial charge in [0.2, 0.25) is 6.41 Å². The highest BCUT2D eigenvalue weighted by Gasteiger charge is 2.45. The van der Waals surface area contributed by atoms with Crippen molar-refractivity contribution >= 4 is 34.8 Å². The van der Waals surface area contributed by atoms with Crippen LogP contribution in [-0.4, -0.2) is 130 Å². The Morgan fingerprint density at radius 2 is 1.46 bits per heavy atom. The van der Waals surface area contributed by atoms with Crippen LogP contribution in [0.2, 0.25) is 36.3 Å². The van der Waals surface area contributed by atoms with Gasteiger partial charge in [0.05, 0.1) is 48.8 Å². The largest absolute Gasteiger partial charge is 0.458 e. The van der Waals surface area contributed by atoms with Crippen molar-refractivity contribution in [3.63, 3.8) is 0 Å². The molecule has 2 aliphatic rings. The van der Waals surface area contributed by atoms with Gasteiger partial charge in [-0.2, -0.15) is 0 Å². The van der Waals surface area contributed by atoms with Gasteiger partial charge < -0.3 is 42.2 Å². The predicted octanol–water partition coefficient (Wildman–Crippen LogP) is 12.3. The van der Waals surface area contributed by atoms with Crippen molar-refractivity contribution in [1.29, 1.82) is 0 Å². The minimum Gasteiger partial charge on any atom is -0.458 e. The summed E-state index contributed by atoms with van der Waals surface area (Å²) in [7, 11) is 4.17. The lowest BCUT2D eigenvalue weighted by Gasteiger charge is -2.44. The number of ether oxygens (including phenoxy) is 6. The number of ketones is 1. The number of cyclic esters (lactones) is 1. The van der Waals surface area contributed by atoms with Crippen molar-refractivity contribution in [3.05, 3.63) is 48.2 Å². The Hall–Kier alpha value is -2.28. The van der Waals surface area contributed by atoms with Gasteiger partial charge in [0.1, 0.15) is 11.9 Å². The fourth-order valence-corrected chi connectivity index (χ4v) is 14.9. The molecule has 1 amide bonds. The van der Waals surface area contributed by atoms with Gasteiger partial charge in [-0.25, -0.2) is 4.79 Å². The quantitative estimate of drug-likeness (QED) is 0.0420. The first-order valence-corrected chi connectivity index (χ1v) is 32.5. The summed E-state index contributed by atoms with van der Waals surface area (Å²) in [4.78, 5) is 41.0. The van der Waals surface area contributed by atoms with Crippen LogP contribution in [0.15, 0.2) is 48.2 Å². The van der Waals surface area contributed by atoms with Gasteiger partial charge in [0, 0.05) is 103 Å². The second-order valence-corrected chi connectivity index (χ2v) is 32.2. The second kappa shape index (κ2) is 30.9. The molecule has 0 radical (unpaired) electrons. The van der Waals surface area contributed by atoms with Gasteiger partial charge in [-0.3, -0.25) is 9.59 Å². The van der Waals surface area contributed by atoms with E-state index in [-0.39, 0.29) is 95.2 Å². The molecule has 0 saturated heterocycles. The van der Waals surface area contributed by atoms with Crippen molar-refractivity contribution in [2.45, 2.75) is 226 Å². The van der Waals surface area contributed by atoms with Crippen LogP contribution >= 0.6 is 0 Å². The number of carbonyl (C=O) groups excluding carboxylic acids is 3. The van der Waals surface area contributed by atoms with Gasteiger partial charge in [0.25, 0.3) is 0 Å². The highest BCUT2D eigenvalue weighted by atomic mass is 28.4. The molecule has 2 aliphatic heterocycles. The van der Waals surface area contributed by atoms with Crippen molar-refractivity contribution in [1.82, 2.24) is 4.90 Å². The number of fused-ring (bicyclic) bond motifs is 2. The summed E-state index contributed by atoms with van der Waals surface area (Å²) in [5.74, 6) is -1.44. The Kier molecular flexibility index (Phi) is 28.3. The van der Waals surface area contributed by atoms with Gasteiger partial charge in [-0.05, 0) is 68.4 Å². The molecule has 71 heavy (non-hydrogen) atoms. The Bertz CT molecular complexity index is 1700. The van der Waals surface area contributed by atoms with Crippen LogP contribution in [0.25, 0.3) is 0 Å². The van der Waals surface area contributed by atoms with E-state index >= 15 is 0 Å². The van der Waals surface area contributed by atoms with Gasteiger partial charge in [0.15, 0.2) is 16.6 Å². The van der Waals surface area contributed by atoms with E-state index in [0.717, 1.165) is 43.0 Å². The first kappa shape index (κ1) is 64.8. The summed E-state index contributed by atoms with van der Waals surface area (Å²) < 4.78 is 53.0. The molecule has 2 heterocycles. The van der Waals surface area contributed by atoms with Crippen LogP contribution < -0.4 is 0 Å². The molecular formula is C57H103NO11Si2. The molecule has 15 atom stereocenters. The third-order valence-corrected chi connectivity index (χ3v) is 26.0. The van der Waals surface area contributed by atoms with E-state index < -0.39 is 28.7 Å². The van der Waals surface area contributed by atoms with E-state index in [4.69, 9.17) is 37.3 Å². The van der Waals surface area contributed by atoms with Crippen molar-refractivity contribution < 1.29 is 51.7 Å². The lowest BCUT2D eigenvalue weighted by Crippen LogP contribution is -2.50. The fourth-order valence-electron chi connectivity index (χ4n) is 10.5. The molecule has 12 nitrogen and oxygen atoms in total. The molecule has 0 aromatic heterocycles. The van der Waals surface area contributed by atoms with Gasteiger partial charge in [-0.15, -0.1) is 0 Å². The topological polar surface area (TPSA) is 128 Å². The van der Waals surface area contributed by atoms with Crippen LogP contribution in [0, 0.1) is 35.5 Å². The number of hydrogen-bond donors (Lipinski definition) is 0. The average molecular weight is 1030 g/mol. The predicted molar refractivity (Wildman–Crippen MR) is 293 cm³/mol. The Morgan fingerprint density at radius 1 is 0.873 bits per heavy atom. The number of methoxy groups -OCH3 is 4. The number of allylic oxidation sites excluding steroid dienone is 2. The van der Waals surface area contributed by atoms with Crippen LogP contribution in [0.4, 0.5) is 0 Å². The van der Waals surface area contributed by atoms with Crippen molar-refractivity contribution in [2.24, 2.45) is 35.5 Å². The van der Waals surface area contributed by atoms with E-state index in [0.29, 0.717) is 32.1 Å². The summed E-state index contributed by atoms with van der Waals surface area (Å²) in [5, 5.41) is 0.0311. The molecule has 410 valence electrons. The average Bonchev–Trinajstić information content (AvgIpc) is 3.34. The summed E-state index contributed by atoms with van der Waals surface area (Å²) in [6, 6.07) is 2.83. The SMILES string of the molecule is CC[Si](CC)(CC)O[C@H]([C@H](C)[C@H]1OC(=O)/C=C/C(C)=C/CC(O[Si](C)(C)C(C)(C)C)C[C@@H]2C=CC[C@@H](C[C@H](OC)[C@@H](C)[C@@H](OC)C[C@@H](OC)[C@@H]1C)O2)[C@@H](C)CCC(=O)[C@H](C)[C@H](OC)[C@H](C)/C=C/N(C)C=O. The third kappa shape index (κ3) is 19.7. The maximum absolute atomic E-state index is 14.3. The summed E-state index contributed by atoms with van der Waals surface area (Å²) in [6.07, 6.45) is 16.5. The molecule has 0 aliphatic carbocycles. The lowest BCUT2D eigenvalue weighted by molar-refractivity contribution is -0.158. The molecule has 0 spiro atoms. The highest BCUT2D eigenvalue weighted by Crippen LogP contribution is 2.40. The Labute approximate surface area is 435 Å². The summed E-state index contributed by atoms with van der Waals surface area (Å²) >= 11 is 0. The van der Waals surface area contributed by atoms with Crippen LogP contribution in [0.5, 0.6) is 0 Å². The van der Waals surface area contributed by atoms with E-state index in [9.17, 15) is 14.4 Å². The minimum atomic E-state index is -2.24. The molecule has 2 rings (SSSR count). The molecule has 0 aromatic carbocycles. The van der Waals surface area contributed by atoms with Crippen LogP contribution in [0.3, 0.4) is 0 Å².